The van der Waals surface area contributed by atoms with E-state index in [1.54, 1.807) is 17.7 Å². The fraction of sp³-hybridized carbons (Fsp3) is 0.381. The van der Waals surface area contributed by atoms with Gasteiger partial charge >= 0.3 is 6.09 Å². The number of methoxy groups -OCH3 is 1. The zero-order valence-corrected chi connectivity index (χ0v) is 19.0. The van der Waals surface area contributed by atoms with Gasteiger partial charge in [0.15, 0.2) is 5.65 Å². The molecule has 1 N–H and O–H groups in total. The fourth-order valence-electron chi connectivity index (χ4n) is 3.55. The number of aryl methyl sites for hydroxylation is 1. The highest BCUT2D eigenvalue weighted by Gasteiger charge is 2.27. The Morgan fingerprint density at radius 1 is 1.28 bits per heavy atom. The Bertz CT molecular complexity index is 1090. The molecule has 1 aromatic carbocycles. The summed E-state index contributed by atoms with van der Waals surface area (Å²) in [6, 6.07) is 9.96. The first-order valence-corrected chi connectivity index (χ1v) is 10.5. The molecule has 0 aliphatic heterocycles. The number of nitrogens with zero attached hydrogens (tertiary/aromatic N) is 3. The molecule has 0 bridgehead atoms. The van der Waals surface area contributed by atoms with Gasteiger partial charge < -0.3 is 14.8 Å². The largest absolute Gasteiger partial charge is 0.480 e. The first kappa shape index (κ1) is 19.9. The van der Waals surface area contributed by atoms with E-state index in [2.05, 4.69) is 51.2 Å². The van der Waals surface area contributed by atoms with Crippen LogP contribution in [0.5, 0.6) is 5.88 Å². The molecule has 0 unspecified atom stereocenters. The van der Waals surface area contributed by atoms with E-state index in [9.17, 15) is 4.79 Å². The Balaban J connectivity index is 1.61. The monoisotopic (exact) mass is 506 g/mol. The number of aromatic nitrogens is 3. The van der Waals surface area contributed by atoms with Gasteiger partial charge in [0.1, 0.15) is 15.0 Å². The minimum atomic E-state index is -0.508. The van der Waals surface area contributed by atoms with Crippen molar-refractivity contribution in [1.29, 1.82) is 0 Å². The first-order valence-electron chi connectivity index (χ1n) is 9.47. The molecule has 2 heterocycles. The minimum Gasteiger partial charge on any atom is -0.480 e. The van der Waals surface area contributed by atoms with Crippen molar-refractivity contribution in [3.63, 3.8) is 0 Å². The number of carbonyl (C=O) groups is 1. The number of nitrogens with one attached hydrogen (secondary N) is 1. The van der Waals surface area contributed by atoms with Gasteiger partial charge in [-0.15, -0.1) is 5.10 Å². The van der Waals surface area contributed by atoms with Crippen molar-refractivity contribution in [3.05, 3.63) is 45.2 Å². The van der Waals surface area contributed by atoms with Crippen molar-refractivity contribution in [2.75, 3.05) is 7.11 Å². The Morgan fingerprint density at radius 3 is 2.79 bits per heavy atom. The quantitative estimate of drug-likeness (QED) is 0.529. The number of halogens is 1. The zero-order valence-electron chi connectivity index (χ0n) is 16.8. The second-order valence-electron chi connectivity index (χ2n) is 8.05. The summed E-state index contributed by atoms with van der Waals surface area (Å²) in [6.45, 7) is 5.59. The highest BCUT2D eigenvalue weighted by atomic mass is 127. The summed E-state index contributed by atoms with van der Waals surface area (Å²) >= 11 is 2.26. The second kappa shape index (κ2) is 7.47. The molecule has 1 atom stereocenters. The maximum absolute atomic E-state index is 12.1. The molecule has 152 valence electrons. The molecule has 3 aromatic rings. The number of carbonyl (C=O) groups excluding carboxylic acids is 1. The highest BCUT2D eigenvalue weighted by molar-refractivity contribution is 14.1. The van der Waals surface area contributed by atoms with E-state index >= 15 is 0 Å². The number of hydrogen-bond donors (Lipinski definition) is 1. The molecule has 4 rings (SSSR count). The van der Waals surface area contributed by atoms with Crippen molar-refractivity contribution in [2.45, 2.75) is 45.3 Å². The van der Waals surface area contributed by atoms with E-state index in [0.29, 0.717) is 5.88 Å². The Morgan fingerprint density at radius 2 is 2.07 bits per heavy atom. The Kier molecular flexibility index (Phi) is 5.14. The lowest BCUT2D eigenvalue weighted by Gasteiger charge is -2.22. The van der Waals surface area contributed by atoms with Crippen LogP contribution in [0, 0.1) is 3.70 Å². The maximum atomic E-state index is 12.1. The maximum Gasteiger partial charge on any atom is 0.408 e. The number of amides is 1. The molecule has 8 heteroatoms. The lowest BCUT2D eigenvalue weighted by molar-refractivity contribution is 0.0503. The molecule has 1 aliphatic rings. The minimum absolute atomic E-state index is 0.0278. The third-order valence-electron chi connectivity index (χ3n) is 4.79. The third kappa shape index (κ3) is 4.03. The van der Waals surface area contributed by atoms with E-state index in [1.165, 1.54) is 5.56 Å². The van der Waals surface area contributed by atoms with Crippen molar-refractivity contribution >= 4 is 34.3 Å². The molecule has 0 radical (unpaired) electrons. The molecule has 0 fully saturated rings. The van der Waals surface area contributed by atoms with Crippen LogP contribution < -0.4 is 10.1 Å². The molecule has 0 saturated carbocycles. The first-order chi connectivity index (χ1) is 13.7. The number of hydrogen-bond acceptors (Lipinski definition) is 5. The Hall–Kier alpha value is -2.36. The van der Waals surface area contributed by atoms with E-state index in [1.807, 2.05) is 26.8 Å². The molecule has 7 nitrogen and oxygen atoms in total. The van der Waals surface area contributed by atoms with Crippen LogP contribution in [0.1, 0.15) is 44.4 Å². The summed E-state index contributed by atoms with van der Waals surface area (Å²) in [4.78, 5) is 16.9. The van der Waals surface area contributed by atoms with Crippen LogP contribution >= 0.6 is 22.6 Å². The van der Waals surface area contributed by atoms with Crippen molar-refractivity contribution in [3.8, 4) is 17.1 Å². The molecule has 1 aliphatic carbocycles. The molecule has 0 spiro atoms. The summed E-state index contributed by atoms with van der Waals surface area (Å²) in [5.41, 5.74) is 4.55. The number of ether oxygens (including phenoxy) is 2. The molecule has 2 aromatic heterocycles. The second-order valence-corrected chi connectivity index (χ2v) is 9.07. The van der Waals surface area contributed by atoms with Gasteiger partial charge in [0, 0.05) is 11.6 Å². The van der Waals surface area contributed by atoms with Crippen LogP contribution in [0.15, 0.2) is 30.3 Å². The Labute approximate surface area is 182 Å². The van der Waals surface area contributed by atoms with Gasteiger partial charge in [-0.3, -0.25) is 0 Å². The summed E-state index contributed by atoms with van der Waals surface area (Å²) in [5.74, 6) is 0.546. The predicted octanol–water partition coefficient (Wildman–Crippen LogP) is 4.52. The van der Waals surface area contributed by atoms with Gasteiger partial charge in [-0.25, -0.2) is 14.3 Å². The van der Waals surface area contributed by atoms with Crippen molar-refractivity contribution < 1.29 is 14.3 Å². The van der Waals surface area contributed by atoms with Crippen LogP contribution in [-0.4, -0.2) is 33.4 Å². The average molecular weight is 506 g/mol. The zero-order chi connectivity index (χ0) is 20.8. The number of imidazole rings is 1. The smallest absolute Gasteiger partial charge is 0.408 e. The van der Waals surface area contributed by atoms with Crippen LogP contribution in [0.4, 0.5) is 4.79 Å². The molecule has 0 saturated heterocycles. The van der Waals surface area contributed by atoms with Gasteiger partial charge in [-0.1, -0.05) is 12.1 Å². The number of alkyl carbamates (subject to hydrolysis) is 1. The normalized spacial score (nSPS) is 16.0. The third-order valence-corrected chi connectivity index (χ3v) is 5.76. The van der Waals surface area contributed by atoms with Gasteiger partial charge in [-0.2, -0.15) is 0 Å². The van der Waals surface area contributed by atoms with E-state index in [0.717, 1.165) is 39.0 Å². The molecule has 29 heavy (non-hydrogen) atoms. The van der Waals surface area contributed by atoms with Gasteiger partial charge in [0.2, 0.25) is 5.88 Å². The van der Waals surface area contributed by atoms with Gasteiger partial charge in [-0.05, 0) is 79.5 Å². The number of rotatable bonds is 3. The van der Waals surface area contributed by atoms with Gasteiger partial charge in [0.05, 0.1) is 13.2 Å². The van der Waals surface area contributed by atoms with E-state index < -0.39 is 5.60 Å². The van der Waals surface area contributed by atoms with Crippen molar-refractivity contribution in [1.82, 2.24) is 19.9 Å². The van der Waals surface area contributed by atoms with E-state index in [-0.39, 0.29) is 12.1 Å². The summed E-state index contributed by atoms with van der Waals surface area (Å²) in [5, 5.41) is 7.44. The lowest BCUT2D eigenvalue weighted by Crippen LogP contribution is -2.34. The van der Waals surface area contributed by atoms with Crippen LogP contribution in [-0.2, 0) is 11.2 Å². The summed E-state index contributed by atoms with van der Waals surface area (Å²) in [7, 11) is 1.60. The van der Waals surface area contributed by atoms with Crippen molar-refractivity contribution in [2.24, 2.45) is 0 Å². The molecule has 1 amide bonds. The fourth-order valence-corrected chi connectivity index (χ4v) is 4.33. The summed E-state index contributed by atoms with van der Waals surface area (Å²) < 4.78 is 13.3. The molecular formula is C21H23IN4O3. The molecular weight excluding hydrogens is 483 g/mol. The summed E-state index contributed by atoms with van der Waals surface area (Å²) in [6.07, 6.45) is 1.38. The predicted molar refractivity (Wildman–Crippen MR) is 118 cm³/mol. The average Bonchev–Trinajstić information content (AvgIpc) is 3.20. The highest BCUT2D eigenvalue weighted by Crippen LogP contribution is 2.35. The van der Waals surface area contributed by atoms with E-state index in [4.69, 9.17) is 14.5 Å². The number of fused-ring (bicyclic) bond motifs is 2. The SMILES string of the molecule is COc1ccc2nc(-c3ccc4c(c3)CC[C@@H]4NC(=O)OC(C)(C)C)c(I)n2n1. The van der Waals surface area contributed by atoms with Crippen LogP contribution in [0.2, 0.25) is 0 Å². The standard InChI is InChI=1S/C21H23IN4O3/c1-21(2,3)29-20(27)23-15-8-6-12-11-13(5-7-14(12)15)18-19(22)26-16(24-18)9-10-17(25-26)28-4/h5,7,9-11,15H,6,8H2,1-4H3,(H,23,27)/t15-/m0/s1. The van der Waals surface area contributed by atoms with Crippen LogP contribution in [0.3, 0.4) is 0 Å². The number of benzene rings is 1. The van der Waals surface area contributed by atoms with Crippen LogP contribution in [0.25, 0.3) is 16.9 Å². The lowest BCUT2D eigenvalue weighted by atomic mass is 10.0. The topological polar surface area (TPSA) is 77.8 Å². The van der Waals surface area contributed by atoms with Gasteiger partial charge in [0.25, 0.3) is 0 Å².